The molecule has 34 heavy (non-hydrogen) atoms. The normalized spacial score (nSPS) is 17.6. The van der Waals surface area contributed by atoms with Gasteiger partial charge in [-0.15, -0.1) is 0 Å². The Hall–Kier alpha value is -3.03. The van der Waals surface area contributed by atoms with Gasteiger partial charge in [-0.3, -0.25) is 9.80 Å². The van der Waals surface area contributed by atoms with Gasteiger partial charge in [-0.25, -0.2) is 4.79 Å². The average Bonchev–Trinajstić information content (AvgIpc) is 2.89. The monoisotopic (exact) mass is 460 g/mol. The number of piperazine rings is 1. The molecule has 0 radical (unpaired) electrons. The molecule has 0 bridgehead atoms. The third kappa shape index (κ3) is 6.30. The van der Waals surface area contributed by atoms with Crippen molar-refractivity contribution in [3.63, 3.8) is 0 Å². The van der Waals surface area contributed by atoms with E-state index in [1.165, 1.54) is 0 Å². The summed E-state index contributed by atoms with van der Waals surface area (Å²) in [4.78, 5) is 17.4. The smallest absolute Gasteiger partial charge is 0.328 e. The Bertz CT molecular complexity index is 1010. The molecule has 3 atom stereocenters. The zero-order chi connectivity index (χ0) is 23.8. The fraction of sp³-hybridized carbons (Fsp3) is 0.321. The highest BCUT2D eigenvalue weighted by molar-refractivity contribution is 5.78. The van der Waals surface area contributed by atoms with Crippen LogP contribution < -0.4 is 0 Å². The molecule has 3 aromatic carbocycles. The van der Waals surface area contributed by atoms with E-state index in [2.05, 4.69) is 4.90 Å². The summed E-state index contributed by atoms with van der Waals surface area (Å²) < 4.78 is 11.6. The first-order valence-electron chi connectivity index (χ1n) is 11.7. The third-order valence-corrected chi connectivity index (χ3v) is 6.17. The van der Waals surface area contributed by atoms with E-state index in [1.54, 1.807) is 0 Å². The molecule has 0 spiro atoms. The van der Waals surface area contributed by atoms with Gasteiger partial charge < -0.3 is 14.6 Å². The van der Waals surface area contributed by atoms with Crippen LogP contribution in [0.4, 0.5) is 0 Å². The maximum Gasteiger partial charge on any atom is 0.328 e. The molecule has 3 unspecified atom stereocenters. The Balaban J connectivity index is 1.38. The Kier molecular flexibility index (Phi) is 8.44. The summed E-state index contributed by atoms with van der Waals surface area (Å²) in [5.41, 5.74) is 2.88. The van der Waals surface area contributed by atoms with Crippen LogP contribution in [-0.2, 0) is 20.9 Å². The number of esters is 1. The summed E-state index contributed by atoms with van der Waals surface area (Å²) in [6.07, 6.45) is -1.32. The Morgan fingerprint density at radius 1 is 0.794 bits per heavy atom. The lowest BCUT2D eigenvalue weighted by atomic mass is 10.0. The van der Waals surface area contributed by atoms with E-state index in [0.29, 0.717) is 32.8 Å². The lowest BCUT2D eigenvalue weighted by molar-refractivity contribution is -0.208. The molecule has 178 valence electrons. The van der Waals surface area contributed by atoms with Gasteiger partial charge in [0.25, 0.3) is 0 Å². The Labute approximate surface area is 201 Å². The molecule has 1 N–H and O–H groups in total. The highest BCUT2D eigenvalue weighted by Crippen LogP contribution is 2.27. The molecular formula is C28H32N2O4. The molecule has 1 saturated heterocycles. The van der Waals surface area contributed by atoms with Gasteiger partial charge in [-0.05, 0) is 23.6 Å². The summed E-state index contributed by atoms with van der Waals surface area (Å²) in [5.74, 6) is -0.267. The van der Waals surface area contributed by atoms with Crippen molar-refractivity contribution in [3.8, 4) is 0 Å². The number of carbonyl (C=O) groups excluding carboxylic acids is 1. The minimum atomic E-state index is -0.984. The maximum atomic E-state index is 13.3. The fourth-order valence-corrected chi connectivity index (χ4v) is 4.23. The van der Waals surface area contributed by atoms with Crippen LogP contribution in [0.3, 0.4) is 0 Å². The van der Waals surface area contributed by atoms with Gasteiger partial charge in [0.05, 0.1) is 6.61 Å². The molecule has 1 aliphatic heterocycles. The number of nitrogens with zero attached hydrogens (tertiary/aromatic N) is 2. The van der Waals surface area contributed by atoms with Crippen molar-refractivity contribution in [2.24, 2.45) is 0 Å². The second-order valence-corrected chi connectivity index (χ2v) is 8.50. The molecule has 0 aromatic heterocycles. The van der Waals surface area contributed by atoms with E-state index in [4.69, 9.17) is 9.47 Å². The van der Waals surface area contributed by atoms with Crippen molar-refractivity contribution in [1.29, 1.82) is 0 Å². The van der Waals surface area contributed by atoms with Crippen molar-refractivity contribution in [3.05, 3.63) is 108 Å². The van der Waals surface area contributed by atoms with Crippen LogP contribution in [0.15, 0.2) is 91.0 Å². The van der Waals surface area contributed by atoms with Gasteiger partial charge in [0.15, 0.2) is 0 Å². The number of benzene rings is 3. The van der Waals surface area contributed by atoms with Crippen LogP contribution >= 0.6 is 0 Å². The predicted octanol–water partition coefficient (Wildman–Crippen LogP) is 4.14. The first kappa shape index (κ1) is 24.1. The largest absolute Gasteiger partial charge is 0.456 e. The van der Waals surface area contributed by atoms with Crippen LogP contribution in [0.25, 0.3) is 0 Å². The zero-order valence-electron chi connectivity index (χ0n) is 19.5. The van der Waals surface area contributed by atoms with E-state index < -0.39 is 12.5 Å². The molecule has 1 aliphatic rings. The van der Waals surface area contributed by atoms with E-state index in [0.717, 1.165) is 16.7 Å². The van der Waals surface area contributed by atoms with Gasteiger partial charge in [0.2, 0.25) is 6.41 Å². The number of aliphatic hydroxyl groups excluding tert-OH is 1. The molecule has 1 fully saturated rings. The van der Waals surface area contributed by atoms with Crippen LogP contribution in [0, 0.1) is 0 Å². The quantitative estimate of drug-likeness (QED) is 0.383. The standard InChI is InChI=1S/C28H32N2O4/c1-22(24-13-7-3-8-14-24)34-27(31)26(25-15-9-4-10-16-25)29-17-19-30(20-18-29)28(32)33-21-23-11-5-2-6-12-23/h2-16,22,26,28,32H,17-21H2,1H3. The summed E-state index contributed by atoms with van der Waals surface area (Å²) in [6.45, 7) is 4.63. The Morgan fingerprint density at radius 2 is 1.29 bits per heavy atom. The van der Waals surface area contributed by atoms with Crippen LogP contribution in [0.1, 0.15) is 35.8 Å². The first-order chi connectivity index (χ1) is 16.6. The summed E-state index contributed by atoms with van der Waals surface area (Å²) in [7, 11) is 0. The lowest BCUT2D eigenvalue weighted by Crippen LogP contribution is -2.53. The van der Waals surface area contributed by atoms with Crippen molar-refractivity contribution in [2.75, 3.05) is 26.2 Å². The summed E-state index contributed by atoms with van der Waals surface area (Å²) >= 11 is 0. The highest BCUT2D eigenvalue weighted by Gasteiger charge is 2.34. The summed E-state index contributed by atoms with van der Waals surface area (Å²) in [6, 6.07) is 28.8. The minimum absolute atomic E-state index is 0.267. The topological polar surface area (TPSA) is 62.2 Å². The third-order valence-electron chi connectivity index (χ3n) is 6.17. The van der Waals surface area contributed by atoms with Crippen LogP contribution in [0.2, 0.25) is 0 Å². The van der Waals surface area contributed by atoms with Crippen molar-refractivity contribution in [1.82, 2.24) is 9.80 Å². The average molecular weight is 461 g/mol. The molecule has 3 aromatic rings. The van der Waals surface area contributed by atoms with Gasteiger partial charge in [0, 0.05) is 26.2 Å². The van der Waals surface area contributed by atoms with Crippen molar-refractivity contribution >= 4 is 5.97 Å². The maximum absolute atomic E-state index is 13.3. The molecule has 6 nitrogen and oxygen atoms in total. The van der Waals surface area contributed by atoms with Crippen molar-refractivity contribution in [2.45, 2.75) is 32.1 Å². The minimum Gasteiger partial charge on any atom is -0.456 e. The molecular weight excluding hydrogens is 428 g/mol. The van der Waals surface area contributed by atoms with E-state index in [1.807, 2.05) is 103 Å². The van der Waals surface area contributed by atoms with E-state index in [-0.39, 0.29) is 12.1 Å². The molecule has 0 saturated carbocycles. The van der Waals surface area contributed by atoms with E-state index in [9.17, 15) is 9.90 Å². The number of aliphatic hydroxyl groups is 1. The van der Waals surface area contributed by atoms with Gasteiger partial charge in [0.1, 0.15) is 12.1 Å². The lowest BCUT2D eigenvalue weighted by Gasteiger charge is -2.40. The number of rotatable bonds is 9. The predicted molar refractivity (Wildman–Crippen MR) is 131 cm³/mol. The highest BCUT2D eigenvalue weighted by atomic mass is 16.6. The zero-order valence-corrected chi connectivity index (χ0v) is 19.5. The second kappa shape index (κ2) is 11.9. The van der Waals surface area contributed by atoms with Crippen LogP contribution in [-0.4, -0.2) is 53.5 Å². The summed E-state index contributed by atoms with van der Waals surface area (Å²) in [5, 5.41) is 10.5. The number of hydrogen-bond donors (Lipinski definition) is 1. The molecule has 6 heteroatoms. The first-order valence-corrected chi connectivity index (χ1v) is 11.7. The SMILES string of the molecule is CC(OC(=O)C(c1ccccc1)N1CCN(C(O)OCc2ccccc2)CC1)c1ccccc1. The second-order valence-electron chi connectivity index (χ2n) is 8.50. The van der Waals surface area contributed by atoms with E-state index >= 15 is 0 Å². The van der Waals surface area contributed by atoms with Gasteiger partial charge in [-0.1, -0.05) is 91.0 Å². The molecule has 4 rings (SSSR count). The molecule has 1 heterocycles. The Morgan fingerprint density at radius 3 is 1.88 bits per heavy atom. The number of carbonyl (C=O) groups is 1. The van der Waals surface area contributed by atoms with Gasteiger partial charge in [-0.2, -0.15) is 0 Å². The number of ether oxygens (including phenoxy) is 2. The fourth-order valence-electron chi connectivity index (χ4n) is 4.23. The molecule has 0 amide bonds. The molecule has 0 aliphatic carbocycles. The van der Waals surface area contributed by atoms with Crippen LogP contribution in [0.5, 0.6) is 0 Å². The van der Waals surface area contributed by atoms with Crippen molar-refractivity contribution < 1.29 is 19.4 Å². The number of hydrogen-bond acceptors (Lipinski definition) is 6. The van der Waals surface area contributed by atoms with Gasteiger partial charge >= 0.3 is 5.97 Å².